The summed E-state index contributed by atoms with van der Waals surface area (Å²) in [4.78, 5) is 11.7. The van der Waals surface area contributed by atoms with Crippen LogP contribution in [-0.2, 0) is 14.3 Å². The van der Waals surface area contributed by atoms with Gasteiger partial charge in [0.25, 0.3) is 0 Å². The maximum Gasteiger partial charge on any atom is 0.303 e. The van der Waals surface area contributed by atoms with E-state index in [0.717, 1.165) is 12.8 Å². The summed E-state index contributed by atoms with van der Waals surface area (Å²) >= 11 is 0. The summed E-state index contributed by atoms with van der Waals surface area (Å²) in [7, 11) is 0. The fraction of sp³-hybridized carbons (Fsp3) is 0.957. The Morgan fingerprint density at radius 2 is 1.89 bits per heavy atom. The molecule has 1 saturated carbocycles. The van der Waals surface area contributed by atoms with Crippen LogP contribution >= 0.6 is 0 Å². The first-order valence-corrected chi connectivity index (χ1v) is 11.0. The molecule has 0 amide bonds. The van der Waals surface area contributed by atoms with Gasteiger partial charge < -0.3 is 19.7 Å². The summed E-state index contributed by atoms with van der Waals surface area (Å²) in [5.41, 5.74) is -1.54. The zero-order valence-electron chi connectivity index (χ0n) is 19.3. The summed E-state index contributed by atoms with van der Waals surface area (Å²) in [6, 6.07) is 0. The van der Waals surface area contributed by atoms with Gasteiger partial charge in [-0.25, -0.2) is 0 Å². The highest BCUT2D eigenvalue weighted by Crippen LogP contribution is 2.66. The number of aliphatic hydroxyl groups excluding tert-OH is 1. The summed E-state index contributed by atoms with van der Waals surface area (Å²) in [6.07, 6.45) is 0.561. The minimum absolute atomic E-state index is 0.0530. The van der Waals surface area contributed by atoms with Gasteiger partial charge in [-0.05, 0) is 49.9 Å². The lowest BCUT2D eigenvalue weighted by molar-refractivity contribution is -0.216. The molecular formula is C23H42O5. The zero-order valence-corrected chi connectivity index (χ0v) is 19.3. The summed E-state index contributed by atoms with van der Waals surface area (Å²) in [5, 5.41) is 22.1. The van der Waals surface area contributed by atoms with Gasteiger partial charge in [0.05, 0.1) is 23.9 Å². The van der Waals surface area contributed by atoms with Crippen LogP contribution in [-0.4, -0.2) is 46.2 Å². The lowest BCUT2D eigenvalue weighted by Crippen LogP contribution is -2.55. The van der Waals surface area contributed by atoms with E-state index in [0.29, 0.717) is 12.3 Å². The molecule has 5 nitrogen and oxygen atoms in total. The second-order valence-electron chi connectivity index (χ2n) is 10.4. The molecular weight excluding hydrogens is 356 g/mol. The Hall–Kier alpha value is -0.650. The predicted octanol–water partition coefficient (Wildman–Crippen LogP) is 3.94. The molecule has 2 rings (SSSR count). The molecule has 28 heavy (non-hydrogen) atoms. The number of fused-ring (bicyclic) bond motifs is 1. The number of aliphatic hydroxyl groups is 2. The van der Waals surface area contributed by atoms with Gasteiger partial charge in [-0.1, -0.05) is 48.0 Å². The third kappa shape index (κ3) is 3.52. The fourth-order valence-corrected chi connectivity index (χ4v) is 6.42. The van der Waals surface area contributed by atoms with Crippen molar-refractivity contribution in [3.8, 4) is 0 Å². The minimum atomic E-state index is -1.22. The van der Waals surface area contributed by atoms with Crippen molar-refractivity contribution in [2.24, 2.45) is 28.6 Å². The monoisotopic (exact) mass is 398 g/mol. The van der Waals surface area contributed by atoms with E-state index in [4.69, 9.17) is 9.47 Å². The van der Waals surface area contributed by atoms with Gasteiger partial charge in [-0.3, -0.25) is 4.79 Å². The van der Waals surface area contributed by atoms with Crippen LogP contribution in [0.25, 0.3) is 0 Å². The van der Waals surface area contributed by atoms with Gasteiger partial charge in [0, 0.05) is 12.3 Å². The van der Waals surface area contributed by atoms with Gasteiger partial charge in [-0.2, -0.15) is 0 Å². The Kier molecular flexibility index (Phi) is 6.65. The number of ether oxygens (including phenoxy) is 2. The summed E-state index contributed by atoms with van der Waals surface area (Å²) in [6.45, 7) is 18.0. The molecule has 0 bridgehead atoms. The lowest BCUT2D eigenvalue weighted by atomic mass is 9.55. The maximum absolute atomic E-state index is 11.7. The molecule has 1 aliphatic heterocycles. The highest BCUT2D eigenvalue weighted by Gasteiger charge is 2.68. The van der Waals surface area contributed by atoms with Crippen molar-refractivity contribution in [1.29, 1.82) is 0 Å². The second-order valence-corrected chi connectivity index (χ2v) is 10.4. The van der Waals surface area contributed by atoms with Crippen molar-refractivity contribution >= 4 is 5.97 Å². The third-order valence-corrected chi connectivity index (χ3v) is 8.49. The number of hydrogen-bond acceptors (Lipinski definition) is 5. The average Bonchev–Trinajstić information content (AvgIpc) is 2.78. The molecule has 9 unspecified atom stereocenters. The number of hydrogen-bond donors (Lipinski definition) is 2. The highest BCUT2D eigenvalue weighted by atomic mass is 16.6. The zero-order chi connectivity index (χ0) is 21.7. The van der Waals surface area contributed by atoms with Crippen LogP contribution < -0.4 is 0 Å². The van der Waals surface area contributed by atoms with Gasteiger partial charge in [-0.15, -0.1) is 0 Å². The fourth-order valence-electron chi connectivity index (χ4n) is 6.42. The van der Waals surface area contributed by atoms with Crippen LogP contribution in [0.3, 0.4) is 0 Å². The Morgan fingerprint density at radius 3 is 2.32 bits per heavy atom. The van der Waals surface area contributed by atoms with Gasteiger partial charge in [0.15, 0.2) is 6.10 Å². The molecule has 2 N–H and O–H groups in total. The van der Waals surface area contributed by atoms with Crippen LogP contribution in [0.5, 0.6) is 0 Å². The molecule has 2 aliphatic rings. The Morgan fingerprint density at radius 1 is 1.32 bits per heavy atom. The normalized spacial score (nSPS) is 43.3. The first-order valence-electron chi connectivity index (χ1n) is 11.0. The summed E-state index contributed by atoms with van der Waals surface area (Å²) in [5.74, 6) is 0.434. The molecule has 1 aliphatic carbocycles. The molecule has 0 aromatic rings. The van der Waals surface area contributed by atoms with Crippen molar-refractivity contribution in [2.75, 3.05) is 0 Å². The smallest absolute Gasteiger partial charge is 0.303 e. The second kappa shape index (κ2) is 7.88. The van der Waals surface area contributed by atoms with E-state index >= 15 is 0 Å². The molecule has 5 heteroatoms. The first kappa shape index (κ1) is 23.6. The highest BCUT2D eigenvalue weighted by molar-refractivity contribution is 5.66. The predicted molar refractivity (Wildman–Crippen MR) is 110 cm³/mol. The number of carbonyl (C=O) groups excluding carboxylic acids is 1. The van der Waals surface area contributed by atoms with Crippen molar-refractivity contribution < 1.29 is 24.5 Å². The van der Waals surface area contributed by atoms with E-state index in [2.05, 4.69) is 41.5 Å². The number of rotatable bonds is 6. The Bertz CT molecular complexity index is 570. The first-order chi connectivity index (χ1) is 12.8. The quantitative estimate of drug-likeness (QED) is 0.663. The van der Waals surface area contributed by atoms with Crippen molar-refractivity contribution in [3.05, 3.63) is 0 Å². The number of carbonyl (C=O) groups is 1. The van der Waals surface area contributed by atoms with E-state index in [1.807, 2.05) is 0 Å². The molecule has 9 atom stereocenters. The minimum Gasteiger partial charge on any atom is -0.457 e. The molecule has 164 valence electrons. The molecule has 0 aromatic carbocycles. The van der Waals surface area contributed by atoms with E-state index in [1.54, 1.807) is 13.8 Å². The van der Waals surface area contributed by atoms with Gasteiger partial charge in [0.1, 0.15) is 0 Å². The van der Waals surface area contributed by atoms with Gasteiger partial charge >= 0.3 is 5.97 Å². The van der Waals surface area contributed by atoms with Crippen molar-refractivity contribution in [3.63, 3.8) is 0 Å². The van der Waals surface area contributed by atoms with Gasteiger partial charge in [0.2, 0.25) is 0 Å². The Balaban J connectivity index is 2.44. The molecule has 0 aromatic heterocycles. The van der Waals surface area contributed by atoms with E-state index in [1.165, 1.54) is 6.92 Å². The molecule has 1 heterocycles. The summed E-state index contributed by atoms with van der Waals surface area (Å²) < 4.78 is 12.0. The van der Waals surface area contributed by atoms with Crippen LogP contribution in [0, 0.1) is 28.6 Å². The lowest BCUT2D eigenvalue weighted by Gasteiger charge is -2.51. The molecule has 0 radical (unpaired) electrons. The molecule has 0 spiro atoms. The van der Waals surface area contributed by atoms with Crippen LogP contribution in [0.15, 0.2) is 0 Å². The average molecular weight is 399 g/mol. The van der Waals surface area contributed by atoms with Crippen molar-refractivity contribution in [2.45, 2.75) is 112 Å². The van der Waals surface area contributed by atoms with Crippen molar-refractivity contribution in [1.82, 2.24) is 0 Å². The van der Waals surface area contributed by atoms with E-state index < -0.39 is 29.9 Å². The Labute approximate surface area is 171 Å². The largest absolute Gasteiger partial charge is 0.457 e. The van der Waals surface area contributed by atoms with E-state index in [-0.39, 0.29) is 28.8 Å². The molecule has 1 saturated heterocycles. The van der Waals surface area contributed by atoms with Crippen LogP contribution in [0.2, 0.25) is 0 Å². The molecule has 2 fully saturated rings. The number of esters is 1. The van der Waals surface area contributed by atoms with E-state index in [9.17, 15) is 15.0 Å². The SMILES string of the molecule is CCC(C)C1(C)C(O)C2OC(C(OC(C)=O)C(C)(C)O)CC(C)C2C1(C)CC. The maximum atomic E-state index is 11.7. The standard InChI is InChI=1S/C23H42O5/c1-10-14(4)23(9)19(25)18-17(22(23,8)11-2)13(3)12-16(28-18)20(21(6,7)26)27-15(5)24/h13-14,16-20,25-26H,10-12H2,1-9H3. The van der Waals surface area contributed by atoms with Crippen LogP contribution in [0.4, 0.5) is 0 Å². The third-order valence-electron chi connectivity index (χ3n) is 8.49. The van der Waals surface area contributed by atoms with Crippen LogP contribution in [0.1, 0.15) is 81.6 Å². The topological polar surface area (TPSA) is 76.0 Å².